The highest BCUT2D eigenvalue weighted by Gasteiger charge is 2.30. The van der Waals surface area contributed by atoms with Crippen LogP contribution < -0.4 is 10.5 Å². The summed E-state index contributed by atoms with van der Waals surface area (Å²) in [6, 6.07) is 8.78. The molecule has 0 amide bonds. The summed E-state index contributed by atoms with van der Waals surface area (Å²) in [5.74, 6) is 2.07. The van der Waals surface area contributed by atoms with Gasteiger partial charge in [0.25, 0.3) is 0 Å². The summed E-state index contributed by atoms with van der Waals surface area (Å²) in [5.41, 5.74) is 6.75. The van der Waals surface area contributed by atoms with Gasteiger partial charge in [-0.15, -0.1) is 0 Å². The third-order valence-corrected chi connectivity index (χ3v) is 3.64. The van der Waals surface area contributed by atoms with Crippen LogP contribution >= 0.6 is 0 Å². The molecule has 2 N–H and O–H groups in total. The normalized spacial score (nSPS) is 14.6. The minimum Gasteiger partial charge on any atom is -0.497 e. The number of aromatic nitrogens is 2. The van der Waals surface area contributed by atoms with Crippen molar-refractivity contribution < 1.29 is 9.26 Å². The van der Waals surface area contributed by atoms with Crippen molar-refractivity contribution in [1.82, 2.24) is 15.0 Å². The van der Waals surface area contributed by atoms with Crippen molar-refractivity contribution in [3.05, 3.63) is 41.5 Å². The van der Waals surface area contributed by atoms with Crippen molar-refractivity contribution in [3.8, 4) is 5.75 Å². The summed E-state index contributed by atoms with van der Waals surface area (Å²) >= 11 is 0. The third-order valence-electron chi connectivity index (χ3n) is 3.64. The quantitative estimate of drug-likeness (QED) is 0.835. The minimum atomic E-state index is 0.287. The highest BCUT2D eigenvalue weighted by Crippen LogP contribution is 2.29. The van der Waals surface area contributed by atoms with Gasteiger partial charge in [0.1, 0.15) is 5.75 Å². The summed E-state index contributed by atoms with van der Waals surface area (Å²) in [7, 11) is 1.68. The fraction of sp³-hybridized carbons (Fsp3) is 0.467. The summed E-state index contributed by atoms with van der Waals surface area (Å²) in [4.78, 5) is 6.67. The molecular weight excluding hydrogens is 268 g/mol. The molecule has 0 aliphatic heterocycles. The van der Waals surface area contributed by atoms with E-state index in [2.05, 4.69) is 27.2 Å². The number of methoxy groups -OCH3 is 1. The molecule has 0 spiro atoms. The number of nitrogens with zero attached hydrogens (tertiary/aromatic N) is 3. The van der Waals surface area contributed by atoms with E-state index in [1.807, 2.05) is 12.1 Å². The Morgan fingerprint density at radius 1 is 1.29 bits per heavy atom. The van der Waals surface area contributed by atoms with Gasteiger partial charge in [-0.25, -0.2) is 0 Å². The first-order chi connectivity index (χ1) is 10.3. The number of rotatable bonds is 7. The van der Waals surface area contributed by atoms with Gasteiger partial charge in [0.05, 0.1) is 20.2 Å². The molecule has 1 saturated carbocycles. The molecule has 112 valence electrons. The first kappa shape index (κ1) is 14.0. The van der Waals surface area contributed by atoms with Crippen LogP contribution in [0.2, 0.25) is 0 Å². The molecule has 6 nitrogen and oxygen atoms in total. The van der Waals surface area contributed by atoms with E-state index < -0.39 is 0 Å². The molecule has 6 heteroatoms. The second-order valence-corrected chi connectivity index (χ2v) is 5.29. The van der Waals surface area contributed by atoms with Crippen LogP contribution in [0.3, 0.4) is 0 Å². The number of nitrogens with two attached hydrogens (primary N) is 1. The molecule has 1 aromatic heterocycles. The SMILES string of the molecule is COc1ccc(CN(Cc2noc(CN)n2)C2CC2)cc1. The topological polar surface area (TPSA) is 77.4 Å². The van der Waals surface area contributed by atoms with Crippen molar-refractivity contribution in [1.29, 1.82) is 0 Å². The maximum atomic E-state index is 5.50. The van der Waals surface area contributed by atoms with Crippen molar-refractivity contribution in [2.24, 2.45) is 5.73 Å². The van der Waals surface area contributed by atoms with E-state index in [1.165, 1.54) is 18.4 Å². The molecule has 0 atom stereocenters. The molecule has 1 aliphatic rings. The molecule has 0 radical (unpaired) electrons. The Labute approximate surface area is 123 Å². The Morgan fingerprint density at radius 3 is 2.62 bits per heavy atom. The summed E-state index contributed by atoms with van der Waals surface area (Å²) < 4.78 is 10.3. The highest BCUT2D eigenvalue weighted by molar-refractivity contribution is 5.27. The van der Waals surface area contributed by atoms with Crippen molar-refractivity contribution in [2.45, 2.75) is 38.5 Å². The van der Waals surface area contributed by atoms with Gasteiger partial charge >= 0.3 is 0 Å². The number of hydrogen-bond donors (Lipinski definition) is 1. The second kappa shape index (κ2) is 6.24. The predicted molar refractivity (Wildman–Crippen MR) is 77.5 cm³/mol. The Balaban J connectivity index is 1.66. The van der Waals surface area contributed by atoms with Crippen LogP contribution in [0, 0.1) is 0 Å². The summed E-state index contributed by atoms with van der Waals surface area (Å²) in [6.07, 6.45) is 2.47. The van der Waals surface area contributed by atoms with E-state index in [-0.39, 0.29) is 6.54 Å². The Morgan fingerprint density at radius 2 is 2.05 bits per heavy atom. The van der Waals surface area contributed by atoms with Gasteiger partial charge in [-0.05, 0) is 30.5 Å². The molecule has 1 heterocycles. The zero-order valence-corrected chi connectivity index (χ0v) is 12.2. The standard InChI is InChI=1S/C15H20N4O2/c1-20-13-6-2-11(3-7-13)9-19(12-4-5-12)10-14-17-15(8-16)21-18-14/h2-3,6-7,12H,4-5,8-10,16H2,1H3. The molecule has 1 aliphatic carbocycles. The molecule has 1 aromatic carbocycles. The van der Waals surface area contributed by atoms with Crippen LogP contribution in [0.5, 0.6) is 5.75 Å². The number of benzene rings is 1. The van der Waals surface area contributed by atoms with E-state index in [0.717, 1.165) is 12.3 Å². The fourth-order valence-electron chi connectivity index (χ4n) is 2.34. The van der Waals surface area contributed by atoms with Crippen LogP contribution in [0.15, 0.2) is 28.8 Å². The van der Waals surface area contributed by atoms with Gasteiger partial charge in [0.15, 0.2) is 5.82 Å². The first-order valence-corrected chi connectivity index (χ1v) is 7.17. The molecule has 0 bridgehead atoms. The zero-order chi connectivity index (χ0) is 14.7. The maximum absolute atomic E-state index is 5.50. The molecule has 2 aromatic rings. The third kappa shape index (κ3) is 3.59. The Kier molecular flexibility index (Phi) is 4.17. The van der Waals surface area contributed by atoms with Crippen molar-refractivity contribution >= 4 is 0 Å². The number of ether oxygens (including phenoxy) is 1. The van der Waals surface area contributed by atoms with E-state index in [9.17, 15) is 0 Å². The average Bonchev–Trinajstić information content (AvgIpc) is 3.27. The Bertz CT molecular complexity index is 578. The smallest absolute Gasteiger partial charge is 0.240 e. The monoisotopic (exact) mass is 288 g/mol. The summed E-state index contributed by atoms with van der Waals surface area (Å²) in [6.45, 7) is 1.86. The minimum absolute atomic E-state index is 0.287. The van der Waals surface area contributed by atoms with E-state index in [1.54, 1.807) is 7.11 Å². The fourth-order valence-corrected chi connectivity index (χ4v) is 2.34. The maximum Gasteiger partial charge on any atom is 0.240 e. The van der Waals surface area contributed by atoms with Crippen LogP contribution in [0.25, 0.3) is 0 Å². The van der Waals surface area contributed by atoms with E-state index >= 15 is 0 Å². The van der Waals surface area contributed by atoms with Crippen LogP contribution in [0.1, 0.15) is 30.1 Å². The summed E-state index contributed by atoms with van der Waals surface area (Å²) in [5, 5.41) is 3.98. The largest absolute Gasteiger partial charge is 0.497 e. The van der Waals surface area contributed by atoms with Gasteiger partial charge in [0.2, 0.25) is 5.89 Å². The lowest BCUT2D eigenvalue weighted by atomic mass is 10.2. The lowest BCUT2D eigenvalue weighted by Gasteiger charge is -2.20. The van der Waals surface area contributed by atoms with Crippen LogP contribution in [0.4, 0.5) is 0 Å². The van der Waals surface area contributed by atoms with Crippen molar-refractivity contribution in [3.63, 3.8) is 0 Å². The lowest BCUT2D eigenvalue weighted by molar-refractivity contribution is 0.235. The second-order valence-electron chi connectivity index (χ2n) is 5.29. The Hall–Kier alpha value is -1.92. The average molecular weight is 288 g/mol. The molecule has 1 fully saturated rings. The van der Waals surface area contributed by atoms with Crippen LogP contribution in [-0.4, -0.2) is 28.2 Å². The molecule has 0 unspecified atom stereocenters. The van der Waals surface area contributed by atoms with Gasteiger partial charge in [0, 0.05) is 12.6 Å². The van der Waals surface area contributed by atoms with E-state index in [0.29, 0.717) is 24.3 Å². The highest BCUT2D eigenvalue weighted by atomic mass is 16.5. The van der Waals surface area contributed by atoms with Gasteiger partial charge in [-0.1, -0.05) is 17.3 Å². The van der Waals surface area contributed by atoms with Crippen molar-refractivity contribution in [2.75, 3.05) is 7.11 Å². The van der Waals surface area contributed by atoms with Gasteiger partial charge in [-0.3, -0.25) is 4.90 Å². The predicted octanol–water partition coefficient (Wildman–Crippen LogP) is 1.70. The van der Waals surface area contributed by atoms with Gasteiger partial charge < -0.3 is 15.0 Å². The molecule has 3 rings (SSSR count). The number of hydrogen-bond acceptors (Lipinski definition) is 6. The van der Waals surface area contributed by atoms with Crippen LogP contribution in [-0.2, 0) is 19.6 Å². The lowest BCUT2D eigenvalue weighted by Crippen LogP contribution is -2.25. The van der Waals surface area contributed by atoms with E-state index in [4.69, 9.17) is 15.0 Å². The molecule has 21 heavy (non-hydrogen) atoms. The molecular formula is C15H20N4O2. The molecule has 0 saturated heterocycles. The van der Waals surface area contributed by atoms with Gasteiger partial charge in [-0.2, -0.15) is 4.98 Å². The zero-order valence-electron chi connectivity index (χ0n) is 12.2. The first-order valence-electron chi connectivity index (χ1n) is 7.17.